The average Bonchev–Trinajstić information content (AvgIpc) is 2.72. The van der Waals surface area contributed by atoms with E-state index in [1.165, 1.54) is 18.6 Å². The number of esters is 1. The third-order valence-electron chi connectivity index (χ3n) is 5.63. The summed E-state index contributed by atoms with van der Waals surface area (Å²) < 4.78 is 5.52. The van der Waals surface area contributed by atoms with E-state index in [1.54, 1.807) is 13.0 Å². The van der Waals surface area contributed by atoms with Crippen LogP contribution in [0.5, 0.6) is 11.5 Å². The summed E-state index contributed by atoms with van der Waals surface area (Å²) in [5.41, 5.74) is 5.58. The summed E-state index contributed by atoms with van der Waals surface area (Å²) in [5, 5.41) is 30.3. The SMILES string of the molecule is CC(=O)OC(C=C(C)CCC=C(C)C(O)CC=C(C)C)CC(C)=CCc1cc(O)cc(C)c1O. The number of aromatic hydroxyl groups is 2. The molecule has 0 aromatic heterocycles. The zero-order valence-electron chi connectivity index (χ0n) is 21.8. The van der Waals surface area contributed by atoms with Crippen LogP contribution in [0.3, 0.4) is 0 Å². The Morgan fingerprint density at radius 3 is 2.29 bits per heavy atom. The van der Waals surface area contributed by atoms with Crippen molar-refractivity contribution in [2.24, 2.45) is 0 Å². The van der Waals surface area contributed by atoms with Gasteiger partial charge in [0.15, 0.2) is 0 Å². The summed E-state index contributed by atoms with van der Waals surface area (Å²) >= 11 is 0. The van der Waals surface area contributed by atoms with Gasteiger partial charge in [-0.1, -0.05) is 34.9 Å². The lowest BCUT2D eigenvalue weighted by molar-refractivity contribution is -0.144. The Morgan fingerprint density at radius 1 is 1.00 bits per heavy atom. The van der Waals surface area contributed by atoms with E-state index in [0.29, 0.717) is 30.4 Å². The van der Waals surface area contributed by atoms with Gasteiger partial charge in [-0.15, -0.1) is 0 Å². The molecule has 188 valence electrons. The highest BCUT2D eigenvalue weighted by atomic mass is 16.5. The van der Waals surface area contributed by atoms with Crippen molar-refractivity contribution >= 4 is 5.97 Å². The molecule has 34 heavy (non-hydrogen) atoms. The molecule has 0 bridgehead atoms. The van der Waals surface area contributed by atoms with E-state index in [9.17, 15) is 20.1 Å². The molecule has 1 aromatic rings. The van der Waals surface area contributed by atoms with Crippen LogP contribution in [-0.2, 0) is 16.0 Å². The highest BCUT2D eigenvalue weighted by molar-refractivity contribution is 5.66. The van der Waals surface area contributed by atoms with Crippen LogP contribution in [0.25, 0.3) is 0 Å². The topological polar surface area (TPSA) is 87.0 Å². The van der Waals surface area contributed by atoms with Gasteiger partial charge < -0.3 is 20.1 Å². The van der Waals surface area contributed by atoms with Crippen LogP contribution in [0.4, 0.5) is 0 Å². The van der Waals surface area contributed by atoms with Gasteiger partial charge in [-0.25, -0.2) is 0 Å². The lowest BCUT2D eigenvalue weighted by Crippen LogP contribution is -2.15. The van der Waals surface area contributed by atoms with E-state index in [-0.39, 0.29) is 23.6 Å². The molecule has 0 aliphatic rings. The van der Waals surface area contributed by atoms with Crippen LogP contribution in [0.2, 0.25) is 0 Å². The number of allylic oxidation sites excluding steroid dienone is 4. The first-order valence-corrected chi connectivity index (χ1v) is 11.9. The Bertz CT molecular complexity index is 946. The predicted molar refractivity (Wildman–Crippen MR) is 139 cm³/mol. The first kappa shape index (κ1) is 29.2. The summed E-state index contributed by atoms with van der Waals surface area (Å²) in [7, 11) is 0. The molecule has 0 fully saturated rings. The first-order chi connectivity index (χ1) is 15.9. The smallest absolute Gasteiger partial charge is 0.303 e. The zero-order chi connectivity index (χ0) is 25.8. The van der Waals surface area contributed by atoms with E-state index < -0.39 is 6.10 Å². The van der Waals surface area contributed by atoms with Crippen molar-refractivity contribution in [3.63, 3.8) is 0 Å². The van der Waals surface area contributed by atoms with Gasteiger partial charge in [-0.2, -0.15) is 0 Å². The van der Waals surface area contributed by atoms with Gasteiger partial charge in [-0.3, -0.25) is 4.79 Å². The molecule has 2 unspecified atom stereocenters. The highest BCUT2D eigenvalue weighted by Crippen LogP contribution is 2.28. The third kappa shape index (κ3) is 11.4. The van der Waals surface area contributed by atoms with Gasteiger partial charge in [0.2, 0.25) is 0 Å². The number of phenols is 2. The van der Waals surface area contributed by atoms with Crippen LogP contribution in [0, 0.1) is 6.92 Å². The maximum absolute atomic E-state index is 11.6. The summed E-state index contributed by atoms with van der Waals surface area (Å²) in [5.74, 6) is -0.0221. The number of rotatable bonds is 12. The Balaban J connectivity index is 2.79. The number of aryl methyl sites for hydroxylation is 1. The van der Waals surface area contributed by atoms with Gasteiger partial charge in [0, 0.05) is 18.9 Å². The fourth-order valence-electron chi connectivity index (χ4n) is 3.62. The second kappa shape index (κ2) is 14.5. The van der Waals surface area contributed by atoms with E-state index in [4.69, 9.17) is 4.74 Å². The maximum atomic E-state index is 11.6. The van der Waals surface area contributed by atoms with Gasteiger partial charge in [0.1, 0.15) is 17.6 Å². The molecule has 0 saturated carbocycles. The van der Waals surface area contributed by atoms with Crippen molar-refractivity contribution in [3.05, 3.63) is 69.9 Å². The van der Waals surface area contributed by atoms with Crippen LogP contribution in [-0.4, -0.2) is 33.5 Å². The van der Waals surface area contributed by atoms with Gasteiger partial charge in [0.25, 0.3) is 0 Å². The standard InChI is InChI=1S/C29H42O5/c1-19(2)11-14-28(32)22(5)10-8-9-20(3)15-27(34-24(7)30)16-21(4)12-13-25-18-26(31)17-23(6)29(25)33/h10-12,15,17-18,27-28,31-33H,8-9,13-14,16H2,1-7H3. The van der Waals surface area contributed by atoms with Crippen LogP contribution >= 0.6 is 0 Å². The van der Waals surface area contributed by atoms with Crippen molar-refractivity contribution < 1.29 is 24.9 Å². The van der Waals surface area contributed by atoms with E-state index in [1.807, 2.05) is 52.8 Å². The molecule has 0 aliphatic heterocycles. The number of aliphatic hydroxyl groups excluding tert-OH is 1. The zero-order valence-corrected chi connectivity index (χ0v) is 21.8. The average molecular weight is 471 g/mol. The summed E-state index contributed by atoms with van der Waals surface area (Å²) in [6.45, 7) is 13.1. The van der Waals surface area contributed by atoms with Crippen molar-refractivity contribution in [2.45, 2.75) is 92.8 Å². The first-order valence-electron chi connectivity index (χ1n) is 11.9. The molecule has 0 aliphatic carbocycles. The number of benzene rings is 1. The Hall–Kier alpha value is -2.79. The molecular weight excluding hydrogens is 428 g/mol. The van der Waals surface area contributed by atoms with E-state index >= 15 is 0 Å². The molecule has 5 nitrogen and oxygen atoms in total. The Labute approximate surface area is 205 Å². The van der Waals surface area contributed by atoms with Crippen LogP contribution < -0.4 is 0 Å². The molecule has 1 aromatic carbocycles. The maximum Gasteiger partial charge on any atom is 0.303 e. The Morgan fingerprint density at radius 2 is 1.68 bits per heavy atom. The van der Waals surface area contributed by atoms with Crippen LogP contribution in [0.15, 0.2) is 58.7 Å². The Kier molecular flexibility index (Phi) is 12.4. The summed E-state index contributed by atoms with van der Waals surface area (Å²) in [4.78, 5) is 11.6. The van der Waals surface area contributed by atoms with E-state index in [0.717, 1.165) is 29.6 Å². The number of aliphatic hydroxyl groups is 1. The van der Waals surface area contributed by atoms with Crippen molar-refractivity contribution in [2.75, 3.05) is 0 Å². The number of hydrogen-bond donors (Lipinski definition) is 3. The normalized spacial score (nSPS) is 14.5. The third-order valence-corrected chi connectivity index (χ3v) is 5.63. The van der Waals surface area contributed by atoms with Crippen molar-refractivity contribution in [1.82, 2.24) is 0 Å². The number of carbonyl (C=O) groups excluding carboxylic acids is 1. The predicted octanol–water partition coefficient (Wildman–Crippen LogP) is 6.61. The molecule has 0 heterocycles. The molecule has 5 heteroatoms. The van der Waals surface area contributed by atoms with Gasteiger partial charge in [-0.05, 0) is 96.6 Å². The number of hydrogen-bond acceptors (Lipinski definition) is 5. The summed E-state index contributed by atoms with van der Waals surface area (Å²) in [6.07, 6.45) is 10.5. The van der Waals surface area contributed by atoms with Crippen LogP contribution in [0.1, 0.15) is 78.4 Å². The second-order valence-electron chi connectivity index (χ2n) is 9.41. The molecule has 0 spiro atoms. The molecule has 1 rings (SSSR count). The second-order valence-corrected chi connectivity index (χ2v) is 9.41. The number of carbonyl (C=O) groups is 1. The fraction of sp³-hybridized carbons (Fsp3) is 0.483. The molecule has 2 atom stereocenters. The highest BCUT2D eigenvalue weighted by Gasteiger charge is 2.12. The summed E-state index contributed by atoms with van der Waals surface area (Å²) in [6, 6.07) is 3.09. The molecule has 0 radical (unpaired) electrons. The van der Waals surface area contributed by atoms with E-state index in [2.05, 4.69) is 6.08 Å². The number of phenolic OH excluding ortho intramolecular Hbond substituents is 2. The number of ether oxygens (including phenoxy) is 1. The minimum absolute atomic E-state index is 0.126. The largest absolute Gasteiger partial charge is 0.508 e. The van der Waals surface area contributed by atoms with Crippen molar-refractivity contribution in [1.29, 1.82) is 0 Å². The molecule has 3 N–H and O–H groups in total. The monoisotopic (exact) mass is 470 g/mol. The minimum Gasteiger partial charge on any atom is -0.508 e. The molecule has 0 amide bonds. The fourth-order valence-corrected chi connectivity index (χ4v) is 3.62. The lowest BCUT2D eigenvalue weighted by atomic mass is 10.0. The van der Waals surface area contributed by atoms with Gasteiger partial charge in [0.05, 0.1) is 6.10 Å². The molecule has 0 saturated heterocycles. The lowest BCUT2D eigenvalue weighted by Gasteiger charge is -2.16. The molecular formula is C29H42O5. The quantitative estimate of drug-likeness (QED) is 0.182. The van der Waals surface area contributed by atoms with Crippen molar-refractivity contribution in [3.8, 4) is 11.5 Å². The minimum atomic E-state index is -0.462. The van der Waals surface area contributed by atoms with Gasteiger partial charge >= 0.3 is 5.97 Å².